The van der Waals surface area contributed by atoms with Crippen LogP contribution in [0.25, 0.3) is 77.2 Å². The molecule has 1 heteroatoms. The molecule has 2 unspecified atom stereocenters. The summed E-state index contributed by atoms with van der Waals surface area (Å²) in [5, 5.41) is 9.80. The van der Waals surface area contributed by atoms with E-state index >= 15 is 0 Å². The van der Waals surface area contributed by atoms with Crippen molar-refractivity contribution in [2.24, 2.45) is 98.6 Å². The summed E-state index contributed by atoms with van der Waals surface area (Å²) in [6.45, 7) is 41.2. The van der Waals surface area contributed by atoms with Gasteiger partial charge in [0.05, 0.1) is 0 Å². The SMILES string of the molecule is CN[C@]12CC[C@]3(C)[C@@H]([C@H](C)CCCC(C)C)CC[C@H]3[C@@H]1CC[C@H]1CC(c3ccc(-c4cc5c(c6ccccc46)-c4cc6c(cc4C5(C)C)-c4cc5c(cc4C6(C)C)-c4c(cc(-c6ccc(C7CC[C@@]8(C)[C@@H](CC[C@@H]9[C@@H]8CC[C@]8(C)[C@@H]([C@H](C)CCCC(C)C)CC[C@@H]98)C7)cc6)c6ccccc46)C5(C)C)cc3)CC[C@@]12C. The van der Waals surface area contributed by atoms with Gasteiger partial charge in [0.2, 0.25) is 0 Å². The van der Waals surface area contributed by atoms with E-state index in [1.807, 2.05) is 0 Å². The van der Waals surface area contributed by atoms with Crippen LogP contribution in [0.15, 0.2) is 133 Å². The maximum atomic E-state index is 4.27. The molecule has 8 saturated carbocycles. The lowest BCUT2D eigenvalue weighted by atomic mass is 9.40. The van der Waals surface area contributed by atoms with Crippen LogP contribution in [0.1, 0.15) is 321 Å². The van der Waals surface area contributed by atoms with Crippen molar-refractivity contribution in [2.45, 2.75) is 298 Å². The van der Waals surface area contributed by atoms with Crippen molar-refractivity contribution in [3.63, 3.8) is 0 Å². The van der Waals surface area contributed by atoms with Gasteiger partial charge < -0.3 is 5.32 Å². The number of fused-ring (bicyclic) bond motifs is 23. The van der Waals surface area contributed by atoms with Crippen LogP contribution in [0.4, 0.5) is 0 Å². The highest BCUT2D eigenvalue weighted by molar-refractivity contribution is 6.11. The lowest BCUT2D eigenvalue weighted by Gasteiger charge is -2.68. The van der Waals surface area contributed by atoms with Gasteiger partial charge in [0.15, 0.2) is 0 Å². The summed E-state index contributed by atoms with van der Waals surface area (Å²) in [5.41, 5.74) is 27.7. The van der Waals surface area contributed by atoms with Crippen LogP contribution in [-0.2, 0) is 16.2 Å². The molecule has 1 N–H and O–H groups in total. The predicted octanol–water partition coefficient (Wildman–Crippen LogP) is 30.0. The zero-order valence-electron chi connectivity index (χ0n) is 70.8. The van der Waals surface area contributed by atoms with Crippen LogP contribution in [0.3, 0.4) is 0 Å². The van der Waals surface area contributed by atoms with E-state index in [0.29, 0.717) is 33.5 Å². The minimum Gasteiger partial charge on any atom is -0.313 e. The van der Waals surface area contributed by atoms with Crippen molar-refractivity contribution >= 4 is 21.5 Å². The number of hydrogen-bond acceptors (Lipinski definition) is 1. The number of nitrogens with one attached hydrogen (secondary N) is 1. The summed E-state index contributed by atoms with van der Waals surface area (Å²) in [6.07, 6.45) is 34.1. The average molecular weight is 1450 g/mol. The average Bonchev–Trinajstić information content (AvgIpc) is 1.42. The summed E-state index contributed by atoms with van der Waals surface area (Å²) in [6, 6.07) is 55.2. The first kappa shape index (κ1) is 73.4. The fourth-order valence-electron chi connectivity index (χ4n) is 31.0. The molecule has 0 bridgehead atoms. The van der Waals surface area contributed by atoms with Crippen LogP contribution in [0.5, 0.6) is 0 Å². The van der Waals surface area contributed by atoms with Gasteiger partial charge in [0.1, 0.15) is 0 Å². The van der Waals surface area contributed by atoms with Gasteiger partial charge in [-0.2, -0.15) is 0 Å². The molecule has 0 aliphatic heterocycles. The predicted molar refractivity (Wildman–Crippen MR) is 465 cm³/mol. The van der Waals surface area contributed by atoms with E-state index in [0.717, 1.165) is 76.9 Å². The van der Waals surface area contributed by atoms with E-state index in [2.05, 4.69) is 257 Å². The molecule has 109 heavy (non-hydrogen) atoms. The van der Waals surface area contributed by atoms with Gasteiger partial charge >= 0.3 is 0 Å². The number of hydrogen-bond donors (Lipinski definition) is 1. The Labute approximate surface area is 660 Å². The first-order valence-electron chi connectivity index (χ1n) is 45.6. The quantitative estimate of drug-likeness (QED) is 0.108. The van der Waals surface area contributed by atoms with Gasteiger partial charge in [-0.25, -0.2) is 0 Å². The van der Waals surface area contributed by atoms with Crippen molar-refractivity contribution in [2.75, 3.05) is 7.05 Å². The maximum Gasteiger partial charge on any atom is 0.0266 e. The summed E-state index contributed by atoms with van der Waals surface area (Å²) >= 11 is 0. The Morgan fingerprint density at radius 3 is 1.28 bits per heavy atom. The van der Waals surface area contributed by atoms with E-state index in [9.17, 15) is 0 Å². The molecule has 1 nitrogen and oxygen atoms in total. The molecular weight excluding hydrogens is 1310 g/mol. The van der Waals surface area contributed by atoms with Gasteiger partial charge in [-0.1, -0.05) is 246 Å². The fraction of sp³-hybridized carbons (Fsp3) is 0.593. The Kier molecular flexibility index (Phi) is 17.6. The van der Waals surface area contributed by atoms with Gasteiger partial charge in [-0.3, -0.25) is 0 Å². The van der Waals surface area contributed by atoms with E-state index in [-0.39, 0.29) is 21.8 Å². The van der Waals surface area contributed by atoms with Gasteiger partial charge in [0, 0.05) is 21.8 Å². The second-order valence-corrected chi connectivity index (χ2v) is 43.5. The van der Waals surface area contributed by atoms with Crippen molar-refractivity contribution in [3.05, 3.63) is 178 Å². The van der Waals surface area contributed by atoms with Crippen molar-refractivity contribution in [1.29, 1.82) is 0 Å². The van der Waals surface area contributed by atoms with Gasteiger partial charge in [-0.15, -0.1) is 0 Å². The van der Waals surface area contributed by atoms with Gasteiger partial charge in [0.25, 0.3) is 0 Å². The fourth-order valence-corrected chi connectivity index (χ4v) is 31.0. The molecule has 18 atom stereocenters. The Morgan fingerprint density at radius 2 is 0.761 bits per heavy atom. The molecule has 0 saturated heterocycles. The third-order valence-electron chi connectivity index (χ3n) is 37.1. The second-order valence-electron chi connectivity index (χ2n) is 43.5. The third kappa shape index (κ3) is 10.7. The van der Waals surface area contributed by atoms with Gasteiger partial charge in [-0.05, 0) is 391 Å². The highest BCUT2D eigenvalue weighted by Gasteiger charge is 2.68. The van der Waals surface area contributed by atoms with Crippen molar-refractivity contribution in [1.82, 2.24) is 5.32 Å². The molecule has 8 fully saturated rings. The Balaban J connectivity index is 0.566. The Morgan fingerprint density at radius 1 is 0.349 bits per heavy atom. The highest BCUT2D eigenvalue weighted by Crippen LogP contribution is 2.73. The maximum absolute atomic E-state index is 4.27. The van der Waals surface area contributed by atoms with Crippen molar-refractivity contribution in [3.8, 4) is 55.6 Å². The summed E-state index contributed by atoms with van der Waals surface area (Å²) in [7, 11) is 2.38. The number of benzene rings is 8. The molecule has 19 rings (SSSR count). The summed E-state index contributed by atoms with van der Waals surface area (Å²) in [5.74, 6) is 12.7. The second kappa shape index (κ2) is 26.1. The topological polar surface area (TPSA) is 12.0 Å². The molecule has 0 amide bonds. The van der Waals surface area contributed by atoms with Crippen molar-refractivity contribution < 1.29 is 0 Å². The first-order chi connectivity index (χ1) is 52.1. The molecule has 0 heterocycles. The summed E-state index contributed by atoms with van der Waals surface area (Å²) < 4.78 is 0. The monoisotopic (exact) mass is 1450 g/mol. The smallest absolute Gasteiger partial charge is 0.0266 e. The Bertz CT molecular complexity index is 4870. The van der Waals surface area contributed by atoms with Crippen LogP contribution in [-0.4, -0.2) is 12.6 Å². The zero-order chi connectivity index (χ0) is 75.6. The number of rotatable bonds is 15. The van der Waals surface area contributed by atoms with Crippen LogP contribution < -0.4 is 5.32 Å². The van der Waals surface area contributed by atoms with E-state index in [4.69, 9.17) is 0 Å². The molecule has 11 aliphatic carbocycles. The first-order valence-corrected chi connectivity index (χ1v) is 45.6. The van der Waals surface area contributed by atoms with E-state index in [1.165, 1.54) is 265 Å². The van der Waals surface area contributed by atoms with Crippen LogP contribution in [0.2, 0.25) is 0 Å². The standard InChI is InChI=1S/C108H137N/c1-64(2)24-22-26-66(5)87-44-46-89-80-42-40-74-56-72(48-51-104(74,13)90(80)50-52-105(87,89)14)68-32-36-70(37-33-68)81-58-97-99(78-30-20-18-28-76(78)81)85-62-93-83(60-95(85)102(97,9)10)84-61-96-86(63-94(84)101(93,7)8)100-79-31-21-19-29-77(79)82(59-98(100)103(96,11)12)71-38-34-69(35-39-71)73-49-53-107(16)75(57-73)41-43-92-91-47-45-88(67(6)27-23-25-65(3)4)106(91,15)54-55-108(92,107)109-17/h18-21,28-39,58-67,72-75,80,87-92,109H,22-27,40-57H2,1-17H3/t66-,67-,72?,73?,74+,75+,80+,87-,88-,89+,90+,91+,92+,104+,105-,106-,107+,108-/m1/s1. The van der Waals surface area contributed by atoms with E-state index in [1.54, 1.807) is 11.1 Å². The van der Waals surface area contributed by atoms with Crippen LogP contribution >= 0.6 is 0 Å². The molecule has 11 aliphatic rings. The molecular formula is C108H137N. The Hall–Kier alpha value is -5.76. The third-order valence-corrected chi connectivity index (χ3v) is 37.1. The minimum atomic E-state index is -0.189. The molecule has 0 radical (unpaired) electrons. The molecule has 574 valence electrons. The molecule has 8 aromatic carbocycles. The van der Waals surface area contributed by atoms with E-state index < -0.39 is 0 Å². The lowest BCUT2D eigenvalue weighted by molar-refractivity contribution is -0.148. The molecule has 0 spiro atoms. The minimum absolute atomic E-state index is 0.184. The normalized spacial score (nSPS) is 34.3. The summed E-state index contributed by atoms with van der Waals surface area (Å²) in [4.78, 5) is 0. The largest absolute Gasteiger partial charge is 0.313 e. The molecule has 0 aromatic heterocycles. The molecule has 8 aromatic rings. The zero-order valence-corrected chi connectivity index (χ0v) is 70.8. The highest BCUT2D eigenvalue weighted by atomic mass is 15.0. The van der Waals surface area contributed by atoms with Crippen LogP contribution in [0, 0.1) is 98.6 Å². The lowest BCUT2D eigenvalue weighted by Crippen LogP contribution is -2.70.